The lowest BCUT2D eigenvalue weighted by molar-refractivity contribution is 0.375. The van der Waals surface area contributed by atoms with Crippen molar-refractivity contribution in [3.63, 3.8) is 0 Å². The first kappa shape index (κ1) is 22.5. The lowest BCUT2D eigenvalue weighted by Crippen LogP contribution is -2.26. The zero-order valence-corrected chi connectivity index (χ0v) is 20.0. The fourth-order valence-corrected chi connectivity index (χ4v) is 6.32. The second kappa shape index (κ2) is 8.68. The molecule has 0 amide bonds. The summed E-state index contributed by atoms with van der Waals surface area (Å²) < 4.78 is 54.1. The van der Waals surface area contributed by atoms with E-state index in [1.807, 2.05) is 24.4 Å². The van der Waals surface area contributed by atoms with E-state index in [4.69, 9.17) is 0 Å². The molecule has 1 atom stereocenters. The number of sulfonamides is 2. The van der Waals surface area contributed by atoms with Crippen molar-refractivity contribution in [2.24, 2.45) is 5.10 Å². The standard InChI is InChI=1S/C22H23N3O4S3/c1-3-31(26,27)24-18-10-8-17(9-11-18)20-15-21(22-5-4-14-30-22)25(23-20)32(28,29)19-12-6-16(2)7-13-19/h4-14,21,24H,3,15H2,1-2H3. The van der Waals surface area contributed by atoms with Crippen molar-refractivity contribution in [1.82, 2.24) is 4.41 Å². The van der Waals surface area contributed by atoms with Crippen molar-refractivity contribution in [2.45, 2.75) is 31.2 Å². The molecule has 7 nitrogen and oxygen atoms in total. The van der Waals surface area contributed by atoms with Gasteiger partial charge >= 0.3 is 0 Å². The Kier molecular flexibility index (Phi) is 6.11. The average molecular weight is 490 g/mol. The molecule has 3 aromatic rings. The zero-order chi connectivity index (χ0) is 22.9. The predicted octanol–water partition coefficient (Wildman–Crippen LogP) is 4.36. The highest BCUT2D eigenvalue weighted by molar-refractivity contribution is 7.92. The summed E-state index contributed by atoms with van der Waals surface area (Å²) in [5, 5.41) is 6.43. The number of aryl methyl sites for hydroxylation is 1. The lowest BCUT2D eigenvalue weighted by atomic mass is 10.0. The van der Waals surface area contributed by atoms with E-state index in [0.717, 1.165) is 16.0 Å². The Bertz CT molecular complexity index is 1330. The minimum atomic E-state index is -3.85. The molecule has 0 fully saturated rings. The molecular weight excluding hydrogens is 466 g/mol. The number of hydrazone groups is 1. The number of anilines is 1. The minimum absolute atomic E-state index is 0.0181. The third-order valence-electron chi connectivity index (χ3n) is 5.18. The molecule has 1 aliphatic rings. The van der Waals surface area contributed by atoms with Gasteiger partial charge in [0.1, 0.15) is 6.04 Å². The van der Waals surface area contributed by atoms with Crippen molar-refractivity contribution in [1.29, 1.82) is 0 Å². The van der Waals surface area contributed by atoms with Gasteiger partial charge in [-0.25, -0.2) is 8.42 Å². The van der Waals surface area contributed by atoms with Crippen molar-refractivity contribution < 1.29 is 16.8 Å². The summed E-state index contributed by atoms with van der Waals surface area (Å²) in [7, 11) is -7.22. The Balaban J connectivity index is 1.69. The van der Waals surface area contributed by atoms with Crippen LogP contribution in [0, 0.1) is 6.92 Å². The normalized spacial score (nSPS) is 16.8. The van der Waals surface area contributed by atoms with Gasteiger partial charge in [-0.15, -0.1) is 11.3 Å². The van der Waals surface area contributed by atoms with Crippen LogP contribution in [0.5, 0.6) is 0 Å². The molecule has 32 heavy (non-hydrogen) atoms. The molecule has 1 N–H and O–H groups in total. The Hall–Kier alpha value is -2.69. The quantitative estimate of drug-likeness (QED) is 0.533. The van der Waals surface area contributed by atoms with E-state index in [1.54, 1.807) is 55.5 Å². The largest absolute Gasteiger partial charge is 0.284 e. The summed E-state index contributed by atoms with van der Waals surface area (Å²) >= 11 is 1.49. The van der Waals surface area contributed by atoms with Crippen LogP contribution in [-0.4, -0.2) is 32.7 Å². The zero-order valence-electron chi connectivity index (χ0n) is 17.6. The van der Waals surface area contributed by atoms with Crippen LogP contribution in [0.2, 0.25) is 0 Å². The van der Waals surface area contributed by atoms with E-state index in [0.29, 0.717) is 17.8 Å². The van der Waals surface area contributed by atoms with Gasteiger partial charge in [0.05, 0.1) is 16.4 Å². The number of hydrogen-bond acceptors (Lipinski definition) is 6. The van der Waals surface area contributed by atoms with Crippen molar-refractivity contribution in [3.8, 4) is 0 Å². The van der Waals surface area contributed by atoms with Crippen LogP contribution in [0.15, 0.2) is 76.0 Å². The van der Waals surface area contributed by atoms with Crippen LogP contribution < -0.4 is 4.72 Å². The second-order valence-electron chi connectivity index (χ2n) is 7.46. The fraction of sp³-hybridized carbons (Fsp3) is 0.227. The molecule has 168 valence electrons. The summed E-state index contributed by atoms with van der Waals surface area (Å²) in [6.45, 7) is 3.47. The van der Waals surface area contributed by atoms with Gasteiger partial charge in [-0.3, -0.25) is 4.72 Å². The molecule has 2 heterocycles. The maximum absolute atomic E-state index is 13.4. The number of thiophene rings is 1. The number of hydrogen-bond donors (Lipinski definition) is 1. The molecule has 0 saturated carbocycles. The summed E-state index contributed by atoms with van der Waals surface area (Å²) in [6, 6.07) is 16.9. The number of benzene rings is 2. The molecule has 0 spiro atoms. The first-order valence-electron chi connectivity index (χ1n) is 10.0. The highest BCUT2D eigenvalue weighted by Gasteiger charge is 2.38. The summed E-state index contributed by atoms with van der Waals surface area (Å²) in [4.78, 5) is 1.10. The lowest BCUT2D eigenvalue weighted by Gasteiger charge is -2.22. The third kappa shape index (κ3) is 4.57. The van der Waals surface area contributed by atoms with Crippen molar-refractivity contribution in [2.75, 3.05) is 10.5 Å². The second-order valence-corrected chi connectivity index (χ2v) is 12.2. The Morgan fingerprint density at radius 1 is 1.03 bits per heavy atom. The Morgan fingerprint density at radius 3 is 2.31 bits per heavy atom. The summed E-state index contributed by atoms with van der Waals surface area (Å²) in [5.74, 6) is -0.0181. The van der Waals surface area contributed by atoms with Crippen molar-refractivity contribution in [3.05, 3.63) is 82.0 Å². The molecule has 2 aromatic carbocycles. The molecule has 0 aliphatic carbocycles. The molecule has 0 radical (unpaired) electrons. The van der Waals surface area contributed by atoms with E-state index < -0.39 is 26.1 Å². The van der Waals surface area contributed by atoms with Gasteiger partial charge in [-0.05, 0) is 55.1 Å². The van der Waals surface area contributed by atoms with Crippen LogP contribution in [0.25, 0.3) is 0 Å². The van der Waals surface area contributed by atoms with Crippen LogP contribution in [0.1, 0.15) is 35.4 Å². The number of nitrogens with zero attached hydrogens (tertiary/aromatic N) is 2. The third-order valence-corrected chi connectivity index (χ3v) is 9.16. The van der Waals surface area contributed by atoms with E-state index in [-0.39, 0.29) is 10.6 Å². The fourth-order valence-electron chi connectivity index (χ4n) is 3.38. The topological polar surface area (TPSA) is 95.9 Å². The average Bonchev–Trinajstić information content (AvgIpc) is 3.45. The SMILES string of the molecule is CCS(=O)(=O)Nc1ccc(C2=NN(S(=O)(=O)c3ccc(C)cc3)C(c3cccs3)C2)cc1. The molecule has 0 bridgehead atoms. The van der Waals surface area contributed by atoms with Gasteiger partial charge in [-0.2, -0.15) is 17.9 Å². The van der Waals surface area contributed by atoms with Crippen LogP contribution >= 0.6 is 11.3 Å². The first-order chi connectivity index (χ1) is 15.2. The van der Waals surface area contributed by atoms with E-state index in [2.05, 4.69) is 9.82 Å². The molecule has 1 aromatic heterocycles. The molecular formula is C22H23N3O4S3. The minimum Gasteiger partial charge on any atom is -0.284 e. The van der Waals surface area contributed by atoms with Crippen LogP contribution in [0.3, 0.4) is 0 Å². The van der Waals surface area contributed by atoms with E-state index >= 15 is 0 Å². The van der Waals surface area contributed by atoms with Gasteiger partial charge < -0.3 is 0 Å². The monoisotopic (exact) mass is 489 g/mol. The van der Waals surface area contributed by atoms with Crippen molar-refractivity contribution >= 4 is 42.8 Å². The van der Waals surface area contributed by atoms with Gasteiger partial charge in [0.25, 0.3) is 10.0 Å². The molecule has 0 saturated heterocycles. The highest BCUT2D eigenvalue weighted by atomic mass is 32.2. The maximum atomic E-state index is 13.4. The number of nitrogens with one attached hydrogen (secondary N) is 1. The summed E-state index contributed by atoms with van der Waals surface area (Å²) in [6.07, 6.45) is 0.422. The van der Waals surface area contributed by atoms with E-state index in [1.165, 1.54) is 15.8 Å². The van der Waals surface area contributed by atoms with E-state index in [9.17, 15) is 16.8 Å². The molecule has 1 unspecified atom stereocenters. The van der Waals surface area contributed by atoms with Crippen LogP contribution in [-0.2, 0) is 20.0 Å². The van der Waals surface area contributed by atoms with Gasteiger partial charge in [0.15, 0.2) is 0 Å². The molecule has 10 heteroatoms. The van der Waals surface area contributed by atoms with Gasteiger partial charge in [0.2, 0.25) is 10.0 Å². The predicted molar refractivity (Wildman–Crippen MR) is 128 cm³/mol. The molecule has 1 aliphatic heterocycles. The number of rotatable bonds is 7. The Labute approximate surface area is 192 Å². The Morgan fingerprint density at radius 2 is 1.72 bits per heavy atom. The highest BCUT2D eigenvalue weighted by Crippen LogP contribution is 2.39. The van der Waals surface area contributed by atoms with Gasteiger partial charge in [0, 0.05) is 17.0 Å². The summed E-state index contributed by atoms with van der Waals surface area (Å²) in [5.41, 5.74) is 2.80. The maximum Gasteiger partial charge on any atom is 0.279 e. The van der Waals surface area contributed by atoms with Crippen LogP contribution in [0.4, 0.5) is 5.69 Å². The molecule has 4 rings (SSSR count). The van der Waals surface area contributed by atoms with Gasteiger partial charge in [-0.1, -0.05) is 35.9 Å². The smallest absolute Gasteiger partial charge is 0.279 e. The first-order valence-corrected chi connectivity index (χ1v) is 14.0.